The van der Waals surface area contributed by atoms with Crippen LogP contribution in [0.25, 0.3) is 0 Å². The van der Waals surface area contributed by atoms with Gasteiger partial charge in [0.15, 0.2) is 6.61 Å². The van der Waals surface area contributed by atoms with Crippen molar-refractivity contribution in [1.82, 2.24) is 0 Å². The van der Waals surface area contributed by atoms with E-state index in [4.69, 9.17) is 13.9 Å². The summed E-state index contributed by atoms with van der Waals surface area (Å²) in [4.78, 5) is 14.2. The first-order valence-corrected chi connectivity index (χ1v) is 7.47. The van der Waals surface area contributed by atoms with E-state index in [-0.39, 0.29) is 6.61 Å². The molecule has 0 aliphatic carbocycles. The van der Waals surface area contributed by atoms with Gasteiger partial charge in [0.1, 0.15) is 11.5 Å². The molecule has 0 unspecified atom stereocenters. The third kappa shape index (κ3) is 3.41. The molecule has 2 aromatic carbocycles. The lowest BCUT2D eigenvalue weighted by Crippen LogP contribution is -2.27. The van der Waals surface area contributed by atoms with E-state index in [1.807, 2.05) is 42.5 Å². The summed E-state index contributed by atoms with van der Waals surface area (Å²) in [7, 11) is 1.57. The van der Waals surface area contributed by atoms with Crippen molar-refractivity contribution in [3.63, 3.8) is 0 Å². The number of benzene rings is 2. The predicted molar refractivity (Wildman–Crippen MR) is 90.5 cm³/mol. The molecule has 5 heteroatoms. The number of nitrogens with zero attached hydrogens (tertiary/aromatic N) is 1. The van der Waals surface area contributed by atoms with Gasteiger partial charge >= 0.3 is 6.09 Å². The van der Waals surface area contributed by atoms with Crippen LogP contribution in [0.1, 0.15) is 5.76 Å². The Morgan fingerprint density at radius 2 is 1.75 bits per heavy atom. The Labute approximate surface area is 140 Å². The van der Waals surface area contributed by atoms with Crippen LogP contribution in [-0.2, 0) is 11.3 Å². The van der Waals surface area contributed by atoms with Crippen molar-refractivity contribution in [1.29, 1.82) is 0 Å². The number of amides is 1. The maximum atomic E-state index is 12.7. The second-order valence-electron chi connectivity index (χ2n) is 4.98. The van der Waals surface area contributed by atoms with Crippen molar-refractivity contribution < 1.29 is 18.7 Å². The Morgan fingerprint density at radius 1 is 1.00 bits per heavy atom. The minimum atomic E-state index is -0.512. The van der Waals surface area contributed by atoms with E-state index in [9.17, 15) is 4.79 Å². The smallest absolute Gasteiger partial charge is 0.419 e. The largest absolute Gasteiger partial charge is 0.495 e. The maximum Gasteiger partial charge on any atom is 0.419 e. The highest BCUT2D eigenvalue weighted by Gasteiger charge is 2.22. The molecule has 0 aliphatic heterocycles. The predicted octanol–water partition coefficient (Wildman–Crippen LogP) is 4.76. The van der Waals surface area contributed by atoms with Gasteiger partial charge < -0.3 is 13.9 Å². The van der Waals surface area contributed by atoms with Crippen LogP contribution < -0.4 is 9.64 Å². The molecule has 0 spiro atoms. The van der Waals surface area contributed by atoms with Gasteiger partial charge in [0, 0.05) is 0 Å². The second kappa shape index (κ2) is 7.37. The molecule has 0 bridgehead atoms. The molecule has 0 atom stereocenters. The fraction of sp³-hybridized carbons (Fsp3) is 0.105. The van der Waals surface area contributed by atoms with Crippen LogP contribution in [0, 0.1) is 0 Å². The van der Waals surface area contributed by atoms with E-state index < -0.39 is 6.09 Å². The Kier molecular flexibility index (Phi) is 4.81. The Morgan fingerprint density at radius 3 is 2.46 bits per heavy atom. The van der Waals surface area contributed by atoms with E-state index in [0.29, 0.717) is 22.9 Å². The average molecular weight is 323 g/mol. The van der Waals surface area contributed by atoms with Crippen LogP contribution in [0.5, 0.6) is 5.75 Å². The minimum Gasteiger partial charge on any atom is -0.495 e. The minimum absolute atomic E-state index is 0.0598. The molecule has 122 valence electrons. The third-order valence-corrected chi connectivity index (χ3v) is 3.44. The number of hydrogen-bond donors (Lipinski definition) is 0. The molecule has 5 nitrogen and oxygen atoms in total. The third-order valence-electron chi connectivity index (χ3n) is 3.44. The van der Waals surface area contributed by atoms with Crippen LogP contribution in [0.4, 0.5) is 16.2 Å². The molecule has 0 radical (unpaired) electrons. The number of hydrogen-bond acceptors (Lipinski definition) is 4. The highest BCUT2D eigenvalue weighted by molar-refractivity contribution is 5.97. The number of ether oxygens (including phenoxy) is 2. The van der Waals surface area contributed by atoms with Crippen molar-refractivity contribution in [3.8, 4) is 5.75 Å². The zero-order valence-corrected chi connectivity index (χ0v) is 13.2. The van der Waals surface area contributed by atoms with Crippen molar-refractivity contribution >= 4 is 17.5 Å². The molecule has 0 saturated carbocycles. The van der Waals surface area contributed by atoms with Gasteiger partial charge in [-0.05, 0) is 36.4 Å². The van der Waals surface area contributed by atoms with Crippen LogP contribution >= 0.6 is 0 Å². The van der Waals surface area contributed by atoms with Crippen LogP contribution in [-0.4, -0.2) is 13.2 Å². The summed E-state index contributed by atoms with van der Waals surface area (Å²) in [5.74, 6) is 1.16. The standard InChI is InChI=1S/C19H17NO4/c1-22-18-12-6-5-11-17(18)20(15-8-3-2-4-9-15)19(21)24-14-16-10-7-13-23-16/h2-13H,14H2,1H3. The number of carbonyl (C=O) groups excluding carboxylic acids is 1. The molecule has 0 aliphatic rings. The molecular weight excluding hydrogens is 306 g/mol. The normalized spacial score (nSPS) is 10.2. The molecule has 0 fully saturated rings. The molecule has 0 N–H and O–H groups in total. The number of rotatable bonds is 5. The summed E-state index contributed by atoms with van der Waals surface area (Å²) < 4.78 is 16.0. The van der Waals surface area contributed by atoms with Gasteiger partial charge in [-0.3, -0.25) is 0 Å². The van der Waals surface area contributed by atoms with Gasteiger partial charge in [-0.25, -0.2) is 9.69 Å². The molecule has 1 heterocycles. The van der Waals surface area contributed by atoms with E-state index in [2.05, 4.69) is 0 Å². The van der Waals surface area contributed by atoms with E-state index in [1.54, 1.807) is 37.6 Å². The van der Waals surface area contributed by atoms with E-state index in [1.165, 1.54) is 4.90 Å². The SMILES string of the molecule is COc1ccccc1N(C(=O)OCc1ccco1)c1ccccc1. The van der Waals surface area contributed by atoms with Crippen LogP contribution in [0.2, 0.25) is 0 Å². The van der Waals surface area contributed by atoms with Gasteiger partial charge in [-0.1, -0.05) is 30.3 Å². The fourth-order valence-electron chi connectivity index (χ4n) is 2.33. The monoisotopic (exact) mass is 323 g/mol. The van der Waals surface area contributed by atoms with Gasteiger partial charge in [-0.15, -0.1) is 0 Å². The van der Waals surface area contributed by atoms with Crippen LogP contribution in [0.3, 0.4) is 0 Å². The van der Waals surface area contributed by atoms with Gasteiger partial charge in [-0.2, -0.15) is 0 Å². The number of furan rings is 1. The Bertz CT molecular complexity index is 784. The first-order chi connectivity index (χ1) is 11.8. The van der Waals surface area contributed by atoms with Crippen molar-refractivity contribution in [3.05, 3.63) is 78.8 Å². The van der Waals surface area contributed by atoms with Gasteiger partial charge in [0.05, 0.1) is 24.7 Å². The van der Waals surface area contributed by atoms with Crippen molar-refractivity contribution in [2.24, 2.45) is 0 Å². The van der Waals surface area contributed by atoms with Crippen molar-refractivity contribution in [2.45, 2.75) is 6.61 Å². The maximum absolute atomic E-state index is 12.7. The first-order valence-electron chi connectivity index (χ1n) is 7.47. The molecule has 1 aromatic heterocycles. The second-order valence-corrected chi connectivity index (χ2v) is 4.98. The van der Waals surface area contributed by atoms with Crippen LogP contribution in [0.15, 0.2) is 77.4 Å². The number of para-hydroxylation sites is 3. The molecular formula is C19H17NO4. The molecule has 3 aromatic rings. The highest BCUT2D eigenvalue weighted by Crippen LogP contribution is 2.34. The summed E-state index contributed by atoms with van der Waals surface area (Å²) in [5, 5.41) is 0. The summed E-state index contributed by atoms with van der Waals surface area (Å²) in [6.07, 6.45) is 1.03. The quantitative estimate of drug-likeness (QED) is 0.679. The number of methoxy groups -OCH3 is 1. The number of anilines is 2. The molecule has 3 rings (SSSR count). The lowest BCUT2D eigenvalue weighted by molar-refractivity contribution is 0.141. The van der Waals surface area contributed by atoms with E-state index in [0.717, 1.165) is 0 Å². The Balaban J connectivity index is 1.91. The highest BCUT2D eigenvalue weighted by atomic mass is 16.6. The van der Waals surface area contributed by atoms with E-state index >= 15 is 0 Å². The molecule has 0 saturated heterocycles. The molecule has 1 amide bonds. The molecule has 24 heavy (non-hydrogen) atoms. The van der Waals surface area contributed by atoms with Gasteiger partial charge in [0.2, 0.25) is 0 Å². The zero-order valence-electron chi connectivity index (χ0n) is 13.2. The summed E-state index contributed by atoms with van der Waals surface area (Å²) in [6.45, 7) is 0.0598. The Hall–Kier alpha value is -3.21. The number of carbonyl (C=O) groups is 1. The lowest BCUT2D eigenvalue weighted by Gasteiger charge is -2.23. The first kappa shape index (κ1) is 15.7. The summed E-state index contributed by atoms with van der Waals surface area (Å²) >= 11 is 0. The fourth-order valence-corrected chi connectivity index (χ4v) is 2.33. The average Bonchev–Trinajstić information content (AvgIpc) is 3.15. The van der Waals surface area contributed by atoms with Gasteiger partial charge in [0.25, 0.3) is 0 Å². The lowest BCUT2D eigenvalue weighted by atomic mass is 10.2. The van der Waals surface area contributed by atoms with Crippen molar-refractivity contribution in [2.75, 3.05) is 12.0 Å². The summed E-state index contributed by atoms with van der Waals surface area (Å²) in [5.41, 5.74) is 1.29. The summed E-state index contributed by atoms with van der Waals surface area (Å²) in [6, 6.07) is 20.1. The topological polar surface area (TPSA) is 51.9 Å². The zero-order chi connectivity index (χ0) is 16.8.